The van der Waals surface area contributed by atoms with Gasteiger partial charge in [-0.3, -0.25) is 14.4 Å². The molecule has 7 heteroatoms. The van der Waals surface area contributed by atoms with Gasteiger partial charge in [-0.2, -0.15) is 0 Å². The Bertz CT molecular complexity index is 528. The third-order valence-corrected chi connectivity index (χ3v) is 6.47. The molecule has 0 bridgehead atoms. The van der Waals surface area contributed by atoms with Crippen molar-refractivity contribution in [2.75, 3.05) is 13.1 Å². The third kappa shape index (κ3) is 25.3. The number of carbonyl (C=O) groups is 3. The van der Waals surface area contributed by atoms with Gasteiger partial charge in [-0.1, -0.05) is 90.4 Å². The molecule has 5 N–H and O–H groups in total. The van der Waals surface area contributed by atoms with Crippen molar-refractivity contribution in [1.82, 2.24) is 10.6 Å². The van der Waals surface area contributed by atoms with Crippen LogP contribution in [0.25, 0.3) is 0 Å². The lowest BCUT2D eigenvalue weighted by Crippen LogP contribution is -2.41. The van der Waals surface area contributed by atoms with E-state index < -0.39 is 12.0 Å². The van der Waals surface area contributed by atoms with Crippen LogP contribution in [0.5, 0.6) is 0 Å². The molecule has 0 heterocycles. The van der Waals surface area contributed by atoms with E-state index >= 15 is 0 Å². The first kappa shape index (κ1) is 33.4. The number of amides is 2. The van der Waals surface area contributed by atoms with Gasteiger partial charge >= 0.3 is 5.97 Å². The summed E-state index contributed by atoms with van der Waals surface area (Å²) in [4.78, 5) is 34.4. The highest BCUT2D eigenvalue weighted by Gasteiger charge is 2.12. The van der Waals surface area contributed by atoms with E-state index in [1.54, 1.807) is 0 Å². The molecular formula is C28H55N3O4. The highest BCUT2D eigenvalue weighted by molar-refractivity contribution is 5.81. The van der Waals surface area contributed by atoms with Gasteiger partial charge in [0.05, 0.1) is 6.04 Å². The number of unbranched alkanes of at least 4 members (excludes halogenated alkanes) is 15. The van der Waals surface area contributed by atoms with Crippen LogP contribution in [0, 0.1) is 0 Å². The highest BCUT2D eigenvalue weighted by atomic mass is 16.4. The second kappa shape index (κ2) is 25.5. The monoisotopic (exact) mass is 497 g/mol. The number of nitrogens with two attached hydrogens (primary N) is 1. The number of nitrogens with one attached hydrogen (secondary N) is 2. The molecule has 206 valence electrons. The van der Waals surface area contributed by atoms with Crippen LogP contribution in [0.1, 0.15) is 142 Å². The summed E-state index contributed by atoms with van der Waals surface area (Å²) in [5.74, 6) is -0.820. The lowest BCUT2D eigenvalue weighted by molar-refractivity contribution is -0.137. The zero-order chi connectivity index (χ0) is 26.0. The molecule has 0 radical (unpaired) electrons. The predicted octanol–water partition coefficient (Wildman–Crippen LogP) is 5.84. The highest BCUT2D eigenvalue weighted by Crippen LogP contribution is 2.13. The number of aliphatic carboxylic acids is 1. The summed E-state index contributed by atoms with van der Waals surface area (Å²) >= 11 is 0. The molecule has 0 aliphatic rings. The van der Waals surface area contributed by atoms with Crippen molar-refractivity contribution >= 4 is 17.8 Å². The molecule has 0 aromatic rings. The number of rotatable bonds is 26. The predicted molar refractivity (Wildman–Crippen MR) is 144 cm³/mol. The Morgan fingerprint density at radius 1 is 0.629 bits per heavy atom. The van der Waals surface area contributed by atoms with E-state index in [9.17, 15) is 14.4 Å². The van der Waals surface area contributed by atoms with Crippen LogP contribution in [-0.2, 0) is 14.4 Å². The molecule has 0 aromatic carbocycles. The first-order valence-corrected chi connectivity index (χ1v) is 14.5. The van der Waals surface area contributed by atoms with Gasteiger partial charge in [-0.25, -0.2) is 0 Å². The molecule has 1 unspecified atom stereocenters. The minimum atomic E-state index is -0.785. The summed E-state index contributed by atoms with van der Waals surface area (Å²) in [5, 5.41) is 14.4. The maximum absolute atomic E-state index is 12.0. The largest absolute Gasteiger partial charge is 0.481 e. The summed E-state index contributed by atoms with van der Waals surface area (Å²) in [6, 6.07) is -0.532. The van der Waals surface area contributed by atoms with Gasteiger partial charge in [-0.05, 0) is 38.5 Å². The molecule has 0 rings (SSSR count). The average Bonchev–Trinajstić information content (AvgIpc) is 2.83. The SMILES string of the molecule is CCCCCCCCCCCCCCCC(=O)NCCCCC(N)C(=O)NCCCCCC(=O)O. The summed E-state index contributed by atoms with van der Waals surface area (Å²) < 4.78 is 0. The van der Waals surface area contributed by atoms with Gasteiger partial charge in [0.25, 0.3) is 0 Å². The smallest absolute Gasteiger partial charge is 0.303 e. The molecule has 0 fully saturated rings. The maximum Gasteiger partial charge on any atom is 0.303 e. The van der Waals surface area contributed by atoms with Gasteiger partial charge in [0.2, 0.25) is 11.8 Å². The zero-order valence-corrected chi connectivity index (χ0v) is 22.6. The van der Waals surface area contributed by atoms with Crippen molar-refractivity contribution in [3.63, 3.8) is 0 Å². The number of carboxylic acid groups (broad SMARTS) is 1. The van der Waals surface area contributed by atoms with E-state index in [1.165, 1.54) is 70.6 Å². The first-order chi connectivity index (χ1) is 17.0. The number of hydrogen-bond acceptors (Lipinski definition) is 4. The van der Waals surface area contributed by atoms with Crippen molar-refractivity contribution in [1.29, 1.82) is 0 Å². The summed E-state index contributed by atoms with van der Waals surface area (Å²) in [7, 11) is 0. The van der Waals surface area contributed by atoms with E-state index in [2.05, 4.69) is 17.6 Å². The van der Waals surface area contributed by atoms with Crippen molar-refractivity contribution < 1.29 is 19.5 Å². The maximum atomic E-state index is 12.0. The Hall–Kier alpha value is -1.63. The van der Waals surface area contributed by atoms with Gasteiger partial charge < -0.3 is 21.5 Å². The fraction of sp³-hybridized carbons (Fsp3) is 0.893. The van der Waals surface area contributed by atoms with E-state index in [4.69, 9.17) is 10.8 Å². The number of hydrogen-bond donors (Lipinski definition) is 4. The van der Waals surface area contributed by atoms with Crippen LogP contribution >= 0.6 is 0 Å². The van der Waals surface area contributed by atoms with Gasteiger partial charge in [-0.15, -0.1) is 0 Å². The summed E-state index contributed by atoms with van der Waals surface area (Å²) in [6.07, 6.45) is 22.1. The van der Waals surface area contributed by atoms with Crippen LogP contribution in [0.4, 0.5) is 0 Å². The molecule has 0 saturated heterocycles. The molecule has 0 aliphatic heterocycles. The second-order valence-electron chi connectivity index (χ2n) is 9.94. The summed E-state index contributed by atoms with van der Waals surface area (Å²) in [5.41, 5.74) is 5.92. The lowest BCUT2D eigenvalue weighted by Gasteiger charge is -2.12. The zero-order valence-electron chi connectivity index (χ0n) is 22.6. The Morgan fingerprint density at radius 3 is 1.66 bits per heavy atom. The number of carbonyl (C=O) groups excluding carboxylic acids is 2. The summed E-state index contributed by atoms with van der Waals surface area (Å²) in [6.45, 7) is 3.42. The molecule has 0 aromatic heterocycles. The Balaban J connectivity index is 3.40. The molecule has 0 aliphatic carbocycles. The molecule has 2 amide bonds. The van der Waals surface area contributed by atoms with E-state index in [0.29, 0.717) is 32.4 Å². The minimum absolute atomic E-state index is 0.123. The van der Waals surface area contributed by atoms with Gasteiger partial charge in [0.15, 0.2) is 0 Å². The topological polar surface area (TPSA) is 122 Å². The van der Waals surface area contributed by atoms with Crippen molar-refractivity contribution in [3.05, 3.63) is 0 Å². The van der Waals surface area contributed by atoms with Gasteiger partial charge in [0, 0.05) is 25.9 Å². The quantitative estimate of drug-likeness (QED) is 0.112. The van der Waals surface area contributed by atoms with E-state index in [1.807, 2.05) is 0 Å². The molecule has 1 atom stereocenters. The molecule has 7 nitrogen and oxygen atoms in total. The fourth-order valence-corrected chi connectivity index (χ4v) is 4.16. The molecule has 0 spiro atoms. The van der Waals surface area contributed by atoms with E-state index in [-0.39, 0.29) is 18.2 Å². The Kier molecular flexibility index (Phi) is 24.3. The normalized spacial score (nSPS) is 11.8. The third-order valence-electron chi connectivity index (χ3n) is 6.47. The Morgan fingerprint density at radius 2 is 1.09 bits per heavy atom. The Labute approximate surface area is 214 Å². The molecular weight excluding hydrogens is 442 g/mol. The fourth-order valence-electron chi connectivity index (χ4n) is 4.16. The molecule has 35 heavy (non-hydrogen) atoms. The second-order valence-corrected chi connectivity index (χ2v) is 9.94. The van der Waals surface area contributed by atoms with Crippen LogP contribution in [0.2, 0.25) is 0 Å². The molecule has 0 saturated carbocycles. The minimum Gasteiger partial charge on any atom is -0.481 e. The van der Waals surface area contributed by atoms with Crippen molar-refractivity contribution in [2.24, 2.45) is 5.73 Å². The number of carboxylic acids is 1. The van der Waals surface area contributed by atoms with Crippen molar-refractivity contribution in [2.45, 2.75) is 148 Å². The lowest BCUT2D eigenvalue weighted by atomic mass is 10.0. The first-order valence-electron chi connectivity index (χ1n) is 14.5. The van der Waals surface area contributed by atoms with Crippen LogP contribution in [-0.4, -0.2) is 42.0 Å². The van der Waals surface area contributed by atoms with Crippen molar-refractivity contribution in [3.8, 4) is 0 Å². The van der Waals surface area contributed by atoms with Crippen LogP contribution in [0.15, 0.2) is 0 Å². The van der Waals surface area contributed by atoms with Crippen LogP contribution < -0.4 is 16.4 Å². The van der Waals surface area contributed by atoms with E-state index in [0.717, 1.165) is 38.5 Å². The standard InChI is InChI=1S/C28H55N3O4/c1-2-3-4-5-6-7-8-9-10-11-12-13-15-21-26(32)30-23-19-17-20-25(29)28(35)31-24-18-14-16-22-27(33)34/h25H,2-24,29H2,1H3,(H,30,32)(H,31,35)(H,33,34). The average molecular weight is 498 g/mol. The van der Waals surface area contributed by atoms with Crippen LogP contribution in [0.3, 0.4) is 0 Å². The van der Waals surface area contributed by atoms with Gasteiger partial charge in [0.1, 0.15) is 0 Å².